The normalized spacial score (nSPS) is 12.9. The number of hydrogen-bond donors (Lipinski definition) is 3. The molecule has 1 aromatic carbocycles. The van der Waals surface area contributed by atoms with Crippen molar-refractivity contribution in [1.29, 1.82) is 0 Å². The molecular formula is C30H25F2N7O3S. The Kier molecular flexibility index (Phi) is 7.42. The number of carbonyl (C=O) groups excluding carboxylic acids is 1. The molecule has 0 saturated heterocycles. The zero-order valence-electron chi connectivity index (χ0n) is 23.0. The highest BCUT2D eigenvalue weighted by Gasteiger charge is 2.27. The SMILES string of the molecule is C=CC(=O)NC(C)c1cc(-c2nc(-c3ccc4nncn4c3)c3ccsc3c2-c2c(F)cc(F)cc2OCC(C)O)n[nH]1. The van der Waals surface area contributed by atoms with Crippen LogP contribution in [0.15, 0.2) is 67.0 Å². The molecule has 2 unspecified atom stereocenters. The molecule has 5 heterocycles. The number of nitrogens with zero attached hydrogens (tertiary/aromatic N) is 5. The second kappa shape index (κ2) is 11.3. The lowest BCUT2D eigenvalue weighted by atomic mass is 9.96. The van der Waals surface area contributed by atoms with Crippen LogP contribution in [0.4, 0.5) is 8.78 Å². The molecule has 6 rings (SSSR count). The van der Waals surface area contributed by atoms with E-state index in [2.05, 4.69) is 32.3 Å². The van der Waals surface area contributed by atoms with Crippen molar-refractivity contribution in [2.75, 3.05) is 6.61 Å². The molecule has 0 bridgehead atoms. The number of hydrogen-bond acceptors (Lipinski definition) is 8. The number of aromatic amines is 1. The van der Waals surface area contributed by atoms with Gasteiger partial charge in [-0.2, -0.15) is 5.10 Å². The Balaban J connectivity index is 1.62. The Labute approximate surface area is 247 Å². The fourth-order valence-electron chi connectivity index (χ4n) is 4.78. The number of fused-ring (bicyclic) bond motifs is 2. The van der Waals surface area contributed by atoms with E-state index in [0.717, 1.165) is 23.1 Å². The number of amides is 1. The molecule has 0 radical (unpaired) electrons. The number of nitrogens with one attached hydrogen (secondary N) is 2. The molecular weight excluding hydrogens is 576 g/mol. The van der Waals surface area contributed by atoms with E-state index in [-0.39, 0.29) is 23.8 Å². The summed E-state index contributed by atoms with van der Waals surface area (Å²) in [7, 11) is 0. The maximum Gasteiger partial charge on any atom is 0.243 e. The number of pyridine rings is 2. The summed E-state index contributed by atoms with van der Waals surface area (Å²) in [6.07, 6.45) is 3.71. The fraction of sp³-hybridized carbons (Fsp3) is 0.167. The van der Waals surface area contributed by atoms with Crippen LogP contribution >= 0.6 is 11.3 Å². The molecule has 0 aliphatic heterocycles. The van der Waals surface area contributed by atoms with E-state index in [1.54, 1.807) is 23.7 Å². The van der Waals surface area contributed by atoms with Gasteiger partial charge in [0.1, 0.15) is 41.7 Å². The topological polar surface area (TPSA) is 130 Å². The first kappa shape index (κ1) is 28.1. The van der Waals surface area contributed by atoms with E-state index < -0.39 is 23.8 Å². The van der Waals surface area contributed by atoms with Gasteiger partial charge in [-0.05, 0) is 49.6 Å². The quantitative estimate of drug-likeness (QED) is 0.188. The highest BCUT2D eigenvalue weighted by molar-refractivity contribution is 7.18. The number of carbonyl (C=O) groups is 1. The average molecular weight is 602 g/mol. The molecule has 13 heteroatoms. The molecule has 3 N–H and O–H groups in total. The zero-order valence-corrected chi connectivity index (χ0v) is 23.8. The first-order chi connectivity index (χ1) is 20.7. The van der Waals surface area contributed by atoms with Crippen LogP contribution < -0.4 is 10.1 Å². The summed E-state index contributed by atoms with van der Waals surface area (Å²) in [6.45, 7) is 6.59. The molecule has 0 aliphatic carbocycles. The predicted molar refractivity (Wildman–Crippen MR) is 158 cm³/mol. The molecule has 0 spiro atoms. The lowest BCUT2D eigenvalue weighted by molar-refractivity contribution is -0.117. The van der Waals surface area contributed by atoms with Gasteiger partial charge in [0.05, 0.1) is 29.1 Å². The smallest absolute Gasteiger partial charge is 0.243 e. The van der Waals surface area contributed by atoms with E-state index in [4.69, 9.17) is 9.72 Å². The van der Waals surface area contributed by atoms with Gasteiger partial charge in [-0.15, -0.1) is 21.5 Å². The molecule has 5 aromatic heterocycles. The summed E-state index contributed by atoms with van der Waals surface area (Å²) in [4.78, 5) is 17.0. The van der Waals surface area contributed by atoms with Gasteiger partial charge in [0.15, 0.2) is 5.65 Å². The molecule has 2 atom stereocenters. The van der Waals surface area contributed by atoms with Crippen molar-refractivity contribution >= 4 is 33.0 Å². The van der Waals surface area contributed by atoms with Crippen LogP contribution in [-0.4, -0.2) is 53.5 Å². The van der Waals surface area contributed by atoms with Gasteiger partial charge in [0, 0.05) is 39.5 Å². The molecule has 1 amide bonds. The van der Waals surface area contributed by atoms with Gasteiger partial charge in [0.2, 0.25) is 5.91 Å². The third kappa shape index (κ3) is 5.35. The fourth-order valence-corrected chi connectivity index (χ4v) is 5.72. The van der Waals surface area contributed by atoms with Crippen LogP contribution in [0.1, 0.15) is 25.6 Å². The molecule has 43 heavy (non-hydrogen) atoms. The van der Waals surface area contributed by atoms with Crippen molar-refractivity contribution in [1.82, 2.24) is 35.1 Å². The number of halogens is 2. The van der Waals surface area contributed by atoms with Crippen molar-refractivity contribution in [2.24, 2.45) is 0 Å². The van der Waals surface area contributed by atoms with Crippen LogP contribution in [-0.2, 0) is 4.79 Å². The Bertz CT molecular complexity index is 2000. The van der Waals surface area contributed by atoms with Gasteiger partial charge in [-0.1, -0.05) is 6.58 Å². The minimum atomic E-state index is -0.880. The van der Waals surface area contributed by atoms with Crippen molar-refractivity contribution in [3.63, 3.8) is 0 Å². The number of benzene rings is 1. The number of thiophene rings is 1. The number of aromatic nitrogens is 6. The second-order valence-corrected chi connectivity index (χ2v) is 10.8. The molecule has 0 saturated carbocycles. The van der Waals surface area contributed by atoms with Crippen molar-refractivity contribution in [3.05, 3.63) is 84.3 Å². The summed E-state index contributed by atoms with van der Waals surface area (Å²) in [5.74, 6) is -2.13. The molecule has 0 aliphatic rings. The maximum absolute atomic E-state index is 15.8. The van der Waals surface area contributed by atoms with Crippen LogP contribution in [0, 0.1) is 11.6 Å². The average Bonchev–Trinajstić information content (AvgIpc) is 3.76. The first-order valence-electron chi connectivity index (χ1n) is 13.2. The van der Waals surface area contributed by atoms with Gasteiger partial charge < -0.3 is 15.2 Å². The molecule has 0 fully saturated rings. The van der Waals surface area contributed by atoms with Crippen LogP contribution in [0.25, 0.3) is 49.5 Å². The maximum atomic E-state index is 15.8. The van der Waals surface area contributed by atoms with E-state index in [9.17, 15) is 14.3 Å². The van der Waals surface area contributed by atoms with E-state index in [1.165, 1.54) is 24.3 Å². The standard InChI is InChI=1S/C30H25F2N7O3S/c1-4-25(41)34-16(3)21-11-22(37-36-21)29-27(26-20(32)9-18(31)10-23(26)42-13-15(2)40)30-19(7-8-43-30)28(35-29)17-5-6-24-38-33-14-39(24)12-17/h4-12,14-16,40H,1,13H2,2-3H3,(H,34,41)(H,36,37). The van der Waals surface area contributed by atoms with E-state index >= 15 is 4.39 Å². The number of ether oxygens (including phenoxy) is 1. The van der Waals surface area contributed by atoms with Gasteiger partial charge in [-0.3, -0.25) is 14.3 Å². The number of aliphatic hydroxyl groups is 1. The van der Waals surface area contributed by atoms with Crippen molar-refractivity contribution in [2.45, 2.75) is 26.0 Å². The summed E-state index contributed by atoms with van der Waals surface area (Å²) in [5.41, 5.74) is 3.55. The van der Waals surface area contributed by atoms with Gasteiger partial charge >= 0.3 is 0 Å². The number of H-pyrrole nitrogens is 1. The number of rotatable bonds is 9. The summed E-state index contributed by atoms with van der Waals surface area (Å²) < 4.78 is 38.4. The predicted octanol–water partition coefficient (Wildman–Crippen LogP) is 5.46. The monoisotopic (exact) mass is 601 g/mol. The summed E-state index contributed by atoms with van der Waals surface area (Å²) in [5, 5.41) is 30.7. The van der Waals surface area contributed by atoms with Crippen LogP contribution in [0.2, 0.25) is 0 Å². The van der Waals surface area contributed by atoms with Gasteiger partial charge in [-0.25, -0.2) is 13.8 Å². The second-order valence-electron chi connectivity index (χ2n) is 9.93. The molecule has 218 valence electrons. The van der Waals surface area contributed by atoms with Crippen LogP contribution in [0.5, 0.6) is 5.75 Å². The third-order valence-corrected chi connectivity index (χ3v) is 7.70. The molecule has 10 nitrogen and oxygen atoms in total. The van der Waals surface area contributed by atoms with E-state index in [0.29, 0.717) is 38.7 Å². The van der Waals surface area contributed by atoms with Crippen LogP contribution in [0.3, 0.4) is 0 Å². The largest absolute Gasteiger partial charge is 0.490 e. The van der Waals surface area contributed by atoms with Crippen molar-refractivity contribution < 1.29 is 23.4 Å². The Morgan fingerprint density at radius 2 is 2.05 bits per heavy atom. The van der Waals surface area contributed by atoms with E-state index in [1.807, 2.05) is 29.8 Å². The first-order valence-corrected chi connectivity index (χ1v) is 14.1. The Morgan fingerprint density at radius 3 is 2.84 bits per heavy atom. The summed E-state index contributed by atoms with van der Waals surface area (Å²) in [6, 6.07) is 8.69. The Morgan fingerprint density at radius 1 is 1.21 bits per heavy atom. The molecule has 6 aromatic rings. The minimum Gasteiger partial charge on any atom is -0.490 e. The Hall–Kier alpha value is -5.01. The zero-order chi connectivity index (χ0) is 30.2. The highest BCUT2D eigenvalue weighted by Crippen LogP contribution is 2.47. The lowest BCUT2D eigenvalue weighted by Crippen LogP contribution is -2.24. The lowest BCUT2D eigenvalue weighted by Gasteiger charge is -2.18. The van der Waals surface area contributed by atoms with Crippen molar-refractivity contribution in [3.8, 4) is 39.5 Å². The van der Waals surface area contributed by atoms with Gasteiger partial charge in [0.25, 0.3) is 0 Å². The minimum absolute atomic E-state index is 0.0182. The highest BCUT2D eigenvalue weighted by atomic mass is 32.1. The number of aliphatic hydroxyl groups excluding tert-OH is 1. The third-order valence-electron chi connectivity index (χ3n) is 6.77. The summed E-state index contributed by atoms with van der Waals surface area (Å²) >= 11 is 1.36.